The molecule has 2 aliphatic rings. The number of fused-ring (bicyclic) bond motifs is 2. The van der Waals surface area contributed by atoms with Gasteiger partial charge in [-0.3, -0.25) is 10.1 Å². The first kappa shape index (κ1) is 19.9. The summed E-state index contributed by atoms with van der Waals surface area (Å²) < 4.78 is 22.8. The van der Waals surface area contributed by atoms with E-state index in [0.717, 1.165) is 11.3 Å². The van der Waals surface area contributed by atoms with Crippen molar-refractivity contribution in [2.45, 2.75) is 25.0 Å². The Bertz CT molecular complexity index is 1080. The van der Waals surface area contributed by atoms with Gasteiger partial charge in [-0.05, 0) is 32.1 Å². The molecule has 158 valence electrons. The minimum absolute atomic E-state index is 0.141. The van der Waals surface area contributed by atoms with Gasteiger partial charge in [-0.2, -0.15) is 0 Å². The summed E-state index contributed by atoms with van der Waals surface area (Å²) in [5, 5.41) is 11.8. The fourth-order valence-corrected chi connectivity index (χ4v) is 4.53. The summed E-state index contributed by atoms with van der Waals surface area (Å²) in [6, 6.07) is 6.86. The molecule has 2 aliphatic heterocycles. The van der Waals surface area contributed by atoms with Crippen molar-refractivity contribution in [1.82, 2.24) is 0 Å². The Morgan fingerprint density at radius 3 is 2.30 bits per heavy atom. The molecular weight excluding hydrogens is 388 g/mol. The van der Waals surface area contributed by atoms with Gasteiger partial charge in [-0.15, -0.1) is 0 Å². The molecule has 0 N–H and O–H groups in total. The first-order valence-electron chi connectivity index (χ1n) is 9.45. The van der Waals surface area contributed by atoms with Gasteiger partial charge in [0.2, 0.25) is 11.5 Å². The highest BCUT2D eigenvalue weighted by molar-refractivity contribution is 5.78. The van der Waals surface area contributed by atoms with E-state index < -0.39 is 16.1 Å². The second kappa shape index (κ2) is 6.55. The number of likely N-dealkylation sites (N-methyl/N-ethyl adjacent to an activating group) is 1. The van der Waals surface area contributed by atoms with Crippen molar-refractivity contribution in [2.24, 2.45) is 0 Å². The van der Waals surface area contributed by atoms with E-state index >= 15 is 0 Å². The lowest BCUT2D eigenvalue weighted by molar-refractivity contribution is -0.386. The number of methoxy groups -OCH3 is 3. The summed E-state index contributed by atoms with van der Waals surface area (Å²) >= 11 is 0. The van der Waals surface area contributed by atoms with Crippen LogP contribution in [0.25, 0.3) is 6.08 Å². The summed E-state index contributed by atoms with van der Waals surface area (Å²) in [6.45, 7) is 4.07. The molecule has 2 heterocycles. The number of benzene rings is 2. The van der Waals surface area contributed by atoms with Gasteiger partial charge in [-0.25, -0.2) is 0 Å². The van der Waals surface area contributed by atoms with Gasteiger partial charge in [0.15, 0.2) is 0 Å². The fourth-order valence-electron chi connectivity index (χ4n) is 4.53. The Hall–Kier alpha value is -3.42. The molecule has 0 bridgehead atoms. The highest BCUT2D eigenvalue weighted by Gasteiger charge is 2.60. The second-order valence-electron chi connectivity index (χ2n) is 7.86. The maximum atomic E-state index is 11.8. The Labute approximate surface area is 174 Å². The van der Waals surface area contributed by atoms with E-state index in [4.69, 9.17) is 18.9 Å². The molecule has 2 aromatic rings. The highest BCUT2D eigenvalue weighted by atomic mass is 16.6. The van der Waals surface area contributed by atoms with Crippen molar-refractivity contribution in [3.63, 3.8) is 0 Å². The topological polar surface area (TPSA) is 83.3 Å². The Kier molecular flexibility index (Phi) is 4.34. The second-order valence-corrected chi connectivity index (χ2v) is 7.86. The third kappa shape index (κ3) is 2.46. The summed E-state index contributed by atoms with van der Waals surface area (Å²) in [7, 11) is 6.59. The SMILES string of the molecule is COc1cc(OC)c2c(c1)N(C)[C@@]1(C=Cc3cc(OC)cc([N+](=O)[O-])c3O1)C2(C)C. The van der Waals surface area contributed by atoms with Gasteiger partial charge < -0.3 is 23.8 Å². The first-order chi connectivity index (χ1) is 14.2. The number of nitro benzene ring substituents is 1. The van der Waals surface area contributed by atoms with Gasteiger partial charge in [-0.1, -0.05) is 0 Å². The van der Waals surface area contributed by atoms with Crippen LogP contribution in [-0.2, 0) is 5.41 Å². The minimum Gasteiger partial charge on any atom is -0.497 e. The zero-order valence-corrected chi connectivity index (χ0v) is 17.8. The monoisotopic (exact) mass is 412 g/mol. The van der Waals surface area contributed by atoms with E-state index in [1.54, 1.807) is 20.3 Å². The van der Waals surface area contributed by atoms with E-state index in [9.17, 15) is 10.1 Å². The standard InChI is InChI=1S/C22H24N2O6/c1-21(2)19-16(10-15(28-5)12-18(19)29-6)23(3)22(21)8-7-13-9-14(27-4)11-17(24(25)26)20(13)30-22/h7-12H,1-6H3/t22-/m1/s1. The van der Waals surface area contributed by atoms with Gasteiger partial charge in [0.25, 0.3) is 0 Å². The van der Waals surface area contributed by atoms with Crippen LogP contribution < -0.4 is 23.8 Å². The van der Waals surface area contributed by atoms with E-state index in [2.05, 4.69) is 0 Å². The number of nitro groups is 1. The van der Waals surface area contributed by atoms with Gasteiger partial charge in [0, 0.05) is 30.3 Å². The summed E-state index contributed by atoms with van der Waals surface area (Å²) in [4.78, 5) is 13.3. The van der Waals surface area contributed by atoms with Crippen LogP contribution in [0.2, 0.25) is 0 Å². The molecule has 30 heavy (non-hydrogen) atoms. The molecule has 4 rings (SSSR count). The molecule has 1 spiro atoms. The Morgan fingerprint density at radius 2 is 1.70 bits per heavy atom. The lowest BCUT2D eigenvalue weighted by atomic mass is 9.76. The van der Waals surface area contributed by atoms with Gasteiger partial charge in [0.1, 0.15) is 17.2 Å². The average Bonchev–Trinajstić information content (AvgIpc) is 2.90. The Balaban J connectivity index is 1.93. The lowest BCUT2D eigenvalue weighted by Crippen LogP contribution is -2.58. The number of rotatable bonds is 4. The predicted octanol–water partition coefficient (Wildman–Crippen LogP) is 4.15. The minimum atomic E-state index is -0.999. The number of hydrogen-bond donors (Lipinski definition) is 0. The van der Waals surface area contributed by atoms with Crippen molar-refractivity contribution in [1.29, 1.82) is 0 Å². The van der Waals surface area contributed by atoms with E-state index in [0.29, 0.717) is 22.8 Å². The van der Waals surface area contributed by atoms with Crippen molar-refractivity contribution in [2.75, 3.05) is 33.3 Å². The quantitative estimate of drug-likeness (QED) is 0.551. The van der Waals surface area contributed by atoms with E-state index in [1.807, 2.05) is 50.1 Å². The molecule has 0 aromatic heterocycles. The molecule has 1 atom stereocenters. The highest BCUT2D eigenvalue weighted by Crippen LogP contribution is 2.59. The lowest BCUT2D eigenvalue weighted by Gasteiger charge is -2.45. The summed E-state index contributed by atoms with van der Waals surface area (Å²) in [5.41, 5.74) is 0.671. The van der Waals surface area contributed by atoms with Gasteiger partial charge in [0.05, 0.1) is 43.4 Å². The van der Waals surface area contributed by atoms with Crippen LogP contribution in [0, 0.1) is 10.1 Å². The predicted molar refractivity (Wildman–Crippen MR) is 113 cm³/mol. The van der Waals surface area contributed by atoms with Crippen LogP contribution in [0.1, 0.15) is 25.0 Å². The average molecular weight is 412 g/mol. The van der Waals surface area contributed by atoms with E-state index in [-0.39, 0.29) is 11.4 Å². The van der Waals surface area contributed by atoms with Crippen molar-refractivity contribution < 1.29 is 23.9 Å². The van der Waals surface area contributed by atoms with Crippen LogP contribution in [0.4, 0.5) is 11.4 Å². The normalized spacial score (nSPS) is 20.4. The number of ether oxygens (including phenoxy) is 4. The largest absolute Gasteiger partial charge is 0.497 e. The molecule has 0 saturated carbocycles. The Morgan fingerprint density at radius 1 is 1.03 bits per heavy atom. The van der Waals surface area contributed by atoms with Gasteiger partial charge >= 0.3 is 5.69 Å². The molecule has 0 fully saturated rings. The van der Waals surface area contributed by atoms with Crippen LogP contribution in [0.5, 0.6) is 23.0 Å². The third-order valence-corrected chi connectivity index (χ3v) is 6.14. The van der Waals surface area contributed by atoms with Crippen LogP contribution in [0.15, 0.2) is 30.3 Å². The smallest absolute Gasteiger partial charge is 0.315 e. The molecule has 0 radical (unpaired) electrons. The molecule has 0 aliphatic carbocycles. The number of anilines is 1. The maximum absolute atomic E-state index is 11.8. The molecule has 0 amide bonds. The van der Waals surface area contributed by atoms with Crippen LogP contribution in [0.3, 0.4) is 0 Å². The molecule has 8 heteroatoms. The maximum Gasteiger partial charge on any atom is 0.315 e. The molecule has 0 unspecified atom stereocenters. The fraction of sp³-hybridized carbons (Fsp3) is 0.364. The van der Waals surface area contributed by atoms with Crippen molar-refractivity contribution in [3.8, 4) is 23.0 Å². The van der Waals surface area contributed by atoms with Crippen LogP contribution in [-0.4, -0.2) is 39.0 Å². The third-order valence-electron chi connectivity index (χ3n) is 6.14. The molecular formula is C22H24N2O6. The number of nitrogens with zero attached hydrogens (tertiary/aromatic N) is 2. The van der Waals surface area contributed by atoms with Crippen molar-refractivity contribution >= 4 is 17.5 Å². The number of hydrogen-bond acceptors (Lipinski definition) is 7. The molecule has 2 aromatic carbocycles. The summed E-state index contributed by atoms with van der Waals surface area (Å²) in [5.74, 6) is 1.94. The zero-order chi connectivity index (χ0) is 21.8. The molecule has 0 saturated heterocycles. The molecule has 8 nitrogen and oxygen atoms in total. The first-order valence-corrected chi connectivity index (χ1v) is 9.45. The zero-order valence-electron chi connectivity index (χ0n) is 17.8. The summed E-state index contributed by atoms with van der Waals surface area (Å²) in [6.07, 6.45) is 3.78. The van der Waals surface area contributed by atoms with Crippen molar-refractivity contribution in [3.05, 3.63) is 51.6 Å². The van der Waals surface area contributed by atoms with Crippen LogP contribution >= 0.6 is 0 Å². The van der Waals surface area contributed by atoms with E-state index in [1.165, 1.54) is 13.2 Å².